The van der Waals surface area contributed by atoms with E-state index < -0.39 is 6.04 Å². The first-order chi connectivity index (χ1) is 9.58. The van der Waals surface area contributed by atoms with E-state index in [1.54, 1.807) is 0 Å². The molecule has 2 heterocycles. The number of hydrogen-bond donors (Lipinski definition) is 2. The van der Waals surface area contributed by atoms with Gasteiger partial charge in [0.2, 0.25) is 0 Å². The first kappa shape index (κ1) is 15.0. The lowest BCUT2D eigenvalue weighted by Crippen LogP contribution is -2.50. The maximum atomic E-state index is 12.1. The molecule has 2 N–H and O–H groups in total. The highest BCUT2D eigenvalue weighted by Crippen LogP contribution is 2.29. The van der Waals surface area contributed by atoms with Crippen LogP contribution in [0, 0.1) is 0 Å². The number of carbonyl (C=O) groups is 2. The van der Waals surface area contributed by atoms with Crippen LogP contribution in [0.3, 0.4) is 0 Å². The molecule has 0 saturated carbocycles. The van der Waals surface area contributed by atoms with Crippen molar-refractivity contribution in [2.45, 2.75) is 37.9 Å². The molecule has 2 saturated heterocycles. The van der Waals surface area contributed by atoms with Crippen molar-refractivity contribution < 1.29 is 19.3 Å². The Hall–Kier alpha value is -1.38. The molecular formula is C12H22N4O4. The Bertz CT molecular complexity index is 378. The Labute approximate surface area is 118 Å². The van der Waals surface area contributed by atoms with Crippen LogP contribution in [0.4, 0.5) is 4.79 Å². The molecule has 0 spiro atoms. The summed E-state index contributed by atoms with van der Waals surface area (Å²) in [5.41, 5.74) is 2.42. The first-order valence-electron chi connectivity index (χ1n) is 6.81. The zero-order valence-corrected chi connectivity index (χ0v) is 12.1. The first-order valence-corrected chi connectivity index (χ1v) is 6.81. The maximum absolute atomic E-state index is 12.1. The maximum Gasteiger partial charge on any atom is 0.345 e. The van der Waals surface area contributed by atoms with Crippen LogP contribution in [-0.4, -0.2) is 67.3 Å². The summed E-state index contributed by atoms with van der Waals surface area (Å²) in [7, 11) is 3.29. The predicted molar refractivity (Wildman–Crippen MR) is 70.4 cm³/mol. The number of amides is 3. The Morgan fingerprint density at radius 2 is 2.25 bits per heavy atom. The van der Waals surface area contributed by atoms with Crippen LogP contribution in [0.1, 0.15) is 19.8 Å². The lowest BCUT2D eigenvalue weighted by atomic mass is 10.0. The highest BCUT2D eigenvalue weighted by atomic mass is 16.7. The molecule has 0 aliphatic carbocycles. The summed E-state index contributed by atoms with van der Waals surface area (Å²) in [6.45, 7) is 2.84. The minimum absolute atomic E-state index is 0.0433. The standard InChI is InChI=1S/C12H22N4O4/c1-8(13-2)7-20-14-11(17)10-5-4-9-6-15(10)12(18)16(9)19-3/h8-10,13H,4-7H2,1-3H3,(H,14,17)/t8-,9-,10+/m1/s1. The van der Waals surface area contributed by atoms with E-state index >= 15 is 0 Å². The van der Waals surface area contributed by atoms with Crippen molar-refractivity contribution in [2.24, 2.45) is 0 Å². The van der Waals surface area contributed by atoms with Gasteiger partial charge in [0.05, 0.1) is 19.8 Å². The molecule has 0 aromatic carbocycles. The largest absolute Gasteiger partial charge is 0.345 e. The van der Waals surface area contributed by atoms with E-state index in [4.69, 9.17) is 9.68 Å². The van der Waals surface area contributed by atoms with E-state index in [1.165, 1.54) is 17.1 Å². The van der Waals surface area contributed by atoms with Gasteiger partial charge in [0, 0.05) is 12.6 Å². The summed E-state index contributed by atoms with van der Waals surface area (Å²) in [6.07, 6.45) is 1.37. The third-order valence-electron chi connectivity index (χ3n) is 3.82. The van der Waals surface area contributed by atoms with Gasteiger partial charge < -0.3 is 10.2 Å². The fourth-order valence-electron chi connectivity index (χ4n) is 2.53. The second kappa shape index (κ2) is 6.38. The van der Waals surface area contributed by atoms with Crippen molar-refractivity contribution in [3.05, 3.63) is 0 Å². The molecule has 2 fully saturated rings. The number of fused-ring (bicyclic) bond motifs is 2. The summed E-state index contributed by atoms with van der Waals surface area (Å²) >= 11 is 0. The normalized spacial score (nSPS) is 26.9. The topological polar surface area (TPSA) is 83.1 Å². The molecule has 2 bridgehead atoms. The van der Waals surface area contributed by atoms with Crippen molar-refractivity contribution in [2.75, 3.05) is 27.3 Å². The van der Waals surface area contributed by atoms with Crippen LogP contribution >= 0.6 is 0 Å². The van der Waals surface area contributed by atoms with Crippen molar-refractivity contribution in [1.82, 2.24) is 20.8 Å². The molecule has 20 heavy (non-hydrogen) atoms. The fraction of sp³-hybridized carbons (Fsp3) is 0.833. The number of piperidine rings is 1. The molecular weight excluding hydrogens is 264 g/mol. The molecule has 0 aromatic heterocycles. The van der Waals surface area contributed by atoms with Gasteiger partial charge in [-0.15, -0.1) is 0 Å². The molecule has 0 radical (unpaired) electrons. The van der Waals surface area contributed by atoms with Gasteiger partial charge in [0.15, 0.2) is 0 Å². The molecule has 0 aromatic rings. The van der Waals surface area contributed by atoms with E-state index in [9.17, 15) is 9.59 Å². The Kier molecular flexibility index (Phi) is 4.79. The predicted octanol–water partition coefficient (Wildman–Crippen LogP) is -0.528. The molecule has 8 heteroatoms. The number of urea groups is 1. The average molecular weight is 286 g/mol. The highest BCUT2D eigenvalue weighted by Gasteiger charge is 2.47. The van der Waals surface area contributed by atoms with Gasteiger partial charge in [-0.2, -0.15) is 5.06 Å². The molecule has 2 aliphatic heterocycles. The minimum atomic E-state index is -0.483. The van der Waals surface area contributed by atoms with Crippen molar-refractivity contribution in [1.29, 1.82) is 0 Å². The number of nitrogens with one attached hydrogen (secondary N) is 2. The van der Waals surface area contributed by atoms with Crippen LogP contribution < -0.4 is 10.8 Å². The van der Waals surface area contributed by atoms with Crippen LogP contribution in [0.25, 0.3) is 0 Å². The van der Waals surface area contributed by atoms with Crippen molar-refractivity contribution >= 4 is 11.9 Å². The van der Waals surface area contributed by atoms with Crippen LogP contribution in [-0.2, 0) is 14.5 Å². The molecule has 3 atom stereocenters. The lowest BCUT2D eigenvalue weighted by molar-refractivity contribution is -0.139. The number of rotatable bonds is 6. The number of hydroxylamine groups is 3. The zero-order chi connectivity index (χ0) is 14.7. The molecule has 0 unspecified atom stereocenters. The van der Waals surface area contributed by atoms with Gasteiger partial charge >= 0.3 is 6.03 Å². The Morgan fingerprint density at radius 3 is 2.90 bits per heavy atom. The molecule has 114 valence electrons. The number of hydrogen-bond acceptors (Lipinski definition) is 5. The van der Waals surface area contributed by atoms with Gasteiger partial charge in [0.1, 0.15) is 6.04 Å². The second-order valence-corrected chi connectivity index (χ2v) is 5.16. The van der Waals surface area contributed by atoms with Gasteiger partial charge in [-0.25, -0.2) is 10.3 Å². The molecule has 2 aliphatic rings. The Morgan fingerprint density at radius 1 is 1.50 bits per heavy atom. The molecule has 3 amide bonds. The van der Waals surface area contributed by atoms with E-state index in [2.05, 4.69) is 10.8 Å². The lowest BCUT2D eigenvalue weighted by Gasteiger charge is -2.29. The smallest absolute Gasteiger partial charge is 0.315 e. The minimum Gasteiger partial charge on any atom is -0.315 e. The number of carbonyl (C=O) groups excluding carboxylic acids is 2. The molecule has 2 rings (SSSR count). The number of likely N-dealkylation sites (N-methyl/N-ethyl adjacent to an activating group) is 1. The van der Waals surface area contributed by atoms with Crippen LogP contribution in [0.15, 0.2) is 0 Å². The van der Waals surface area contributed by atoms with Crippen molar-refractivity contribution in [3.8, 4) is 0 Å². The third kappa shape index (κ3) is 2.87. The van der Waals surface area contributed by atoms with Gasteiger partial charge in [-0.3, -0.25) is 14.5 Å². The van der Waals surface area contributed by atoms with Crippen LogP contribution in [0.2, 0.25) is 0 Å². The van der Waals surface area contributed by atoms with Gasteiger partial charge in [0.25, 0.3) is 5.91 Å². The quantitative estimate of drug-likeness (QED) is 0.642. The zero-order valence-electron chi connectivity index (χ0n) is 12.1. The van der Waals surface area contributed by atoms with E-state index in [-0.39, 0.29) is 24.0 Å². The van der Waals surface area contributed by atoms with E-state index in [0.29, 0.717) is 19.6 Å². The van der Waals surface area contributed by atoms with E-state index in [0.717, 1.165) is 6.42 Å². The van der Waals surface area contributed by atoms with Crippen LogP contribution in [0.5, 0.6) is 0 Å². The van der Waals surface area contributed by atoms with Gasteiger partial charge in [-0.05, 0) is 26.8 Å². The van der Waals surface area contributed by atoms with Crippen molar-refractivity contribution in [3.63, 3.8) is 0 Å². The summed E-state index contributed by atoms with van der Waals surface area (Å²) in [4.78, 5) is 35.9. The summed E-state index contributed by atoms with van der Waals surface area (Å²) < 4.78 is 0. The summed E-state index contributed by atoms with van der Waals surface area (Å²) in [5, 5.41) is 4.35. The monoisotopic (exact) mass is 286 g/mol. The Balaban J connectivity index is 1.87. The number of nitrogens with zero attached hydrogens (tertiary/aromatic N) is 2. The SMILES string of the molecule is CN[C@H](C)CONC(=O)[C@@H]1CC[C@@H]2CN1C(=O)N2OC. The molecule has 8 nitrogen and oxygen atoms in total. The summed E-state index contributed by atoms with van der Waals surface area (Å²) in [5.74, 6) is -0.280. The summed E-state index contributed by atoms with van der Waals surface area (Å²) in [6, 6.07) is -0.548. The second-order valence-electron chi connectivity index (χ2n) is 5.16. The fourth-order valence-corrected chi connectivity index (χ4v) is 2.53. The highest BCUT2D eigenvalue weighted by molar-refractivity contribution is 5.87. The van der Waals surface area contributed by atoms with E-state index in [1.807, 2.05) is 14.0 Å². The van der Waals surface area contributed by atoms with Gasteiger partial charge in [-0.1, -0.05) is 0 Å². The third-order valence-corrected chi connectivity index (χ3v) is 3.82. The average Bonchev–Trinajstić information content (AvgIpc) is 2.70.